The van der Waals surface area contributed by atoms with Crippen molar-refractivity contribution in [3.63, 3.8) is 0 Å². The Bertz CT molecular complexity index is 905. The molecule has 2 heterocycles. The number of halogens is 1. The van der Waals surface area contributed by atoms with Gasteiger partial charge < -0.3 is 14.7 Å². The molecule has 0 amide bonds. The van der Waals surface area contributed by atoms with E-state index < -0.39 is 0 Å². The van der Waals surface area contributed by atoms with Crippen molar-refractivity contribution >= 4 is 39.1 Å². The average molecular weight is 343 g/mol. The lowest BCUT2D eigenvalue weighted by atomic mass is 10.0. The number of nitrogens with zero attached hydrogens (tertiary/aromatic N) is 2. The Morgan fingerprint density at radius 1 is 1.08 bits per heavy atom. The second-order valence-corrected chi connectivity index (χ2v) is 6.66. The van der Waals surface area contributed by atoms with E-state index in [1.807, 2.05) is 36.4 Å². The Hall–Kier alpha value is -2.04. The summed E-state index contributed by atoms with van der Waals surface area (Å²) in [6.45, 7) is 1.66. The molecule has 1 N–H and O–H groups in total. The van der Waals surface area contributed by atoms with Crippen LogP contribution in [0.15, 0.2) is 36.4 Å². The summed E-state index contributed by atoms with van der Waals surface area (Å²) in [4.78, 5) is 7.11. The lowest BCUT2D eigenvalue weighted by Crippen LogP contribution is -2.36. The third-order valence-electron chi connectivity index (χ3n) is 4.70. The molecule has 0 atom stereocenters. The highest BCUT2D eigenvalue weighted by Crippen LogP contribution is 2.37. The van der Waals surface area contributed by atoms with Gasteiger partial charge in [0.05, 0.1) is 29.9 Å². The highest BCUT2D eigenvalue weighted by atomic mass is 35.5. The molecular weight excluding hydrogens is 324 g/mol. The van der Waals surface area contributed by atoms with E-state index in [-0.39, 0.29) is 6.10 Å². The second-order valence-electron chi connectivity index (χ2n) is 6.22. The van der Waals surface area contributed by atoms with Crippen molar-refractivity contribution in [3.05, 3.63) is 41.4 Å². The quantitative estimate of drug-likeness (QED) is 0.715. The number of hydrogen-bond acceptors (Lipinski definition) is 4. The van der Waals surface area contributed by atoms with Gasteiger partial charge in [0.1, 0.15) is 5.75 Å². The molecule has 0 spiro atoms. The van der Waals surface area contributed by atoms with Crippen molar-refractivity contribution in [1.82, 2.24) is 4.98 Å². The van der Waals surface area contributed by atoms with E-state index >= 15 is 0 Å². The first kappa shape index (κ1) is 15.5. The average Bonchev–Trinajstić information content (AvgIpc) is 2.60. The Kier molecular flexibility index (Phi) is 3.94. The first-order chi connectivity index (χ1) is 11.7. The standard InChI is InChI=1S/C19H19ClN2O2/c1-24-14-3-5-17-16(11-14)19(22-8-6-13(23)7-9-22)15-4-2-12(20)10-18(15)21-17/h2-5,10-11,13,23H,6-9H2,1H3. The maximum atomic E-state index is 9.84. The number of aliphatic hydroxyl groups is 1. The van der Waals surface area contributed by atoms with Gasteiger partial charge in [-0.1, -0.05) is 11.6 Å². The highest BCUT2D eigenvalue weighted by Gasteiger charge is 2.21. The third kappa shape index (κ3) is 2.66. The molecule has 0 radical (unpaired) electrons. The minimum atomic E-state index is -0.204. The monoisotopic (exact) mass is 342 g/mol. The largest absolute Gasteiger partial charge is 0.497 e. The number of fused-ring (bicyclic) bond motifs is 2. The van der Waals surface area contributed by atoms with Crippen LogP contribution in [0.25, 0.3) is 21.8 Å². The molecule has 3 aromatic rings. The summed E-state index contributed by atoms with van der Waals surface area (Å²) in [5.41, 5.74) is 2.96. The molecule has 0 saturated carbocycles. The zero-order chi connectivity index (χ0) is 16.7. The summed E-state index contributed by atoms with van der Waals surface area (Å²) in [7, 11) is 1.67. The van der Waals surface area contributed by atoms with Crippen molar-refractivity contribution in [3.8, 4) is 5.75 Å². The molecule has 4 nitrogen and oxygen atoms in total. The number of methoxy groups -OCH3 is 1. The van der Waals surface area contributed by atoms with Gasteiger partial charge in [0.2, 0.25) is 0 Å². The number of piperidine rings is 1. The van der Waals surface area contributed by atoms with Crippen LogP contribution in [0.4, 0.5) is 5.69 Å². The van der Waals surface area contributed by atoms with E-state index in [1.165, 1.54) is 0 Å². The van der Waals surface area contributed by atoms with Crippen LogP contribution in [0.3, 0.4) is 0 Å². The molecule has 5 heteroatoms. The highest BCUT2D eigenvalue weighted by molar-refractivity contribution is 6.31. The number of aliphatic hydroxyl groups excluding tert-OH is 1. The van der Waals surface area contributed by atoms with Gasteiger partial charge in [0.25, 0.3) is 0 Å². The zero-order valence-electron chi connectivity index (χ0n) is 13.5. The summed E-state index contributed by atoms with van der Waals surface area (Å²) in [6, 6.07) is 11.8. The lowest BCUT2D eigenvalue weighted by Gasteiger charge is -2.33. The molecule has 124 valence electrons. The number of hydrogen-bond donors (Lipinski definition) is 1. The molecule has 1 aliphatic rings. The van der Waals surface area contributed by atoms with E-state index in [2.05, 4.69) is 4.90 Å². The molecule has 1 aliphatic heterocycles. The fraction of sp³-hybridized carbons (Fsp3) is 0.316. The van der Waals surface area contributed by atoms with E-state index in [1.54, 1.807) is 7.11 Å². The van der Waals surface area contributed by atoms with Crippen molar-refractivity contribution in [2.75, 3.05) is 25.1 Å². The second kappa shape index (κ2) is 6.11. The maximum Gasteiger partial charge on any atom is 0.119 e. The summed E-state index contributed by atoms with van der Waals surface area (Å²) < 4.78 is 5.41. The van der Waals surface area contributed by atoms with Gasteiger partial charge >= 0.3 is 0 Å². The number of anilines is 1. The van der Waals surface area contributed by atoms with Crippen LogP contribution in [-0.2, 0) is 0 Å². The van der Waals surface area contributed by atoms with Crippen LogP contribution in [0.2, 0.25) is 5.02 Å². The topological polar surface area (TPSA) is 45.6 Å². The summed E-state index contributed by atoms with van der Waals surface area (Å²) in [5, 5.41) is 12.7. The maximum absolute atomic E-state index is 9.84. The summed E-state index contributed by atoms with van der Waals surface area (Å²) in [5.74, 6) is 0.816. The number of aromatic nitrogens is 1. The van der Waals surface area contributed by atoms with Crippen LogP contribution >= 0.6 is 11.6 Å². The fourth-order valence-electron chi connectivity index (χ4n) is 3.43. The van der Waals surface area contributed by atoms with Gasteiger partial charge in [-0.15, -0.1) is 0 Å². The first-order valence-electron chi connectivity index (χ1n) is 8.16. The third-order valence-corrected chi connectivity index (χ3v) is 4.93. The molecule has 0 aliphatic carbocycles. The molecule has 1 fully saturated rings. The fourth-order valence-corrected chi connectivity index (χ4v) is 3.60. The molecule has 0 bridgehead atoms. The Morgan fingerprint density at radius 2 is 1.88 bits per heavy atom. The van der Waals surface area contributed by atoms with Gasteiger partial charge in [-0.2, -0.15) is 0 Å². The van der Waals surface area contributed by atoms with Gasteiger partial charge in [-0.25, -0.2) is 4.98 Å². The number of benzene rings is 2. The van der Waals surface area contributed by atoms with Gasteiger partial charge in [0, 0.05) is 28.9 Å². The smallest absolute Gasteiger partial charge is 0.119 e. The van der Waals surface area contributed by atoms with Crippen LogP contribution in [-0.4, -0.2) is 36.4 Å². The van der Waals surface area contributed by atoms with E-state index in [0.717, 1.165) is 59.2 Å². The van der Waals surface area contributed by atoms with Crippen LogP contribution in [0.1, 0.15) is 12.8 Å². The van der Waals surface area contributed by atoms with E-state index in [4.69, 9.17) is 21.3 Å². The minimum absolute atomic E-state index is 0.204. The number of rotatable bonds is 2. The molecule has 24 heavy (non-hydrogen) atoms. The van der Waals surface area contributed by atoms with Gasteiger partial charge in [-0.05, 0) is 49.2 Å². The SMILES string of the molecule is COc1ccc2nc3cc(Cl)ccc3c(N3CCC(O)CC3)c2c1. The predicted molar refractivity (Wildman–Crippen MR) is 98.3 cm³/mol. The normalized spacial score (nSPS) is 16.0. The van der Waals surface area contributed by atoms with Crippen LogP contribution in [0.5, 0.6) is 5.75 Å². The van der Waals surface area contributed by atoms with Crippen molar-refractivity contribution < 1.29 is 9.84 Å². The number of ether oxygens (including phenoxy) is 1. The Balaban J connectivity index is 2.00. The van der Waals surface area contributed by atoms with Gasteiger partial charge in [-0.3, -0.25) is 0 Å². The number of pyridine rings is 1. The molecule has 1 aromatic heterocycles. The molecule has 1 saturated heterocycles. The summed E-state index contributed by atoms with van der Waals surface area (Å²) >= 11 is 6.17. The first-order valence-corrected chi connectivity index (χ1v) is 8.53. The van der Waals surface area contributed by atoms with Crippen LogP contribution < -0.4 is 9.64 Å². The Labute approximate surface area is 145 Å². The summed E-state index contributed by atoms with van der Waals surface area (Å²) in [6.07, 6.45) is 1.36. The predicted octanol–water partition coefficient (Wildman–Crippen LogP) is 4.01. The molecule has 0 unspecified atom stereocenters. The van der Waals surface area contributed by atoms with Crippen molar-refractivity contribution in [2.45, 2.75) is 18.9 Å². The molecule has 2 aromatic carbocycles. The van der Waals surface area contributed by atoms with Crippen molar-refractivity contribution in [1.29, 1.82) is 0 Å². The zero-order valence-corrected chi connectivity index (χ0v) is 14.3. The Morgan fingerprint density at radius 3 is 2.62 bits per heavy atom. The van der Waals surface area contributed by atoms with Crippen molar-refractivity contribution in [2.24, 2.45) is 0 Å². The van der Waals surface area contributed by atoms with E-state index in [0.29, 0.717) is 5.02 Å². The molecule has 4 rings (SSSR count). The van der Waals surface area contributed by atoms with E-state index in [9.17, 15) is 5.11 Å². The minimum Gasteiger partial charge on any atom is -0.497 e. The van der Waals surface area contributed by atoms with Crippen LogP contribution in [0, 0.1) is 0 Å². The van der Waals surface area contributed by atoms with Gasteiger partial charge in [0.15, 0.2) is 0 Å². The lowest BCUT2D eigenvalue weighted by molar-refractivity contribution is 0.145. The molecular formula is C19H19ClN2O2.